The number of piperazine rings is 1. The van der Waals surface area contributed by atoms with E-state index in [4.69, 9.17) is 4.74 Å². The summed E-state index contributed by atoms with van der Waals surface area (Å²) in [7, 11) is -3.88. The number of hydrogen-bond acceptors (Lipinski definition) is 9. The number of thioether (sulfide) groups is 1. The van der Waals surface area contributed by atoms with E-state index in [1.807, 2.05) is 26.0 Å². The van der Waals surface area contributed by atoms with E-state index in [0.717, 1.165) is 18.7 Å². The zero-order valence-electron chi connectivity index (χ0n) is 25.4. The second-order valence-electron chi connectivity index (χ2n) is 12.2. The van der Waals surface area contributed by atoms with Crippen molar-refractivity contribution in [3.63, 3.8) is 0 Å². The van der Waals surface area contributed by atoms with Crippen molar-refractivity contribution in [3.8, 4) is 0 Å². The number of urea groups is 1. The highest BCUT2D eigenvalue weighted by Gasteiger charge is 2.49. The van der Waals surface area contributed by atoms with Crippen LogP contribution in [0.25, 0.3) is 0 Å². The number of pyridine rings is 1. The maximum absolute atomic E-state index is 13.6. The fourth-order valence-electron chi connectivity index (χ4n) is 5.07. The number of nitrogens with one attached hydrogen (secondary N) is 3. The molecule has 0 radical (unpaired) electrons. The SMILES string of the molecule is C=C(N[C@@H](Cc1ccc(NC(=O)N2CCNCC2)cc1)C(=O)OC(C)(C)C)[C@H]1N(S(=O)(=O)c2cccnc2)CSC1(C)C. The molecule has 11 nitrogen and oxygen atoms in total. The Morgan fingerprint density at radius 3 is 2.47 bits per heavy atom. The molecule has 2 aliphatic rings. The number of aromatic nitrogens is 1. The summed E-state index contributed by atoms with van der Waals surface area (Å²) < 4.78 is 33.9. The number of amides is 2. The lowest BCUT2D eigenvalue weighted by Gasteiger charge is -2.35. The smallest absolute Gasteiger partial charge is 0.329 e. The lowest BCUT2D eigenvalue weighted by molar-refractivity contribution is -0.157. The molecule has 2 fully saturated rings. The summed E-state index contributed by atoms with van der Waals surface area (Å²) in [6, 6.07) is 8.78. The van der Waals surface area contributed by atoms with Crippen LogP contribution in [-0.4, -0.2) is 89.1 Å². The van der Waals surface area contributed by atoms with Crippen molar-refractivity contribution in [2.75, 3.05) is 37.4 Å². The van der Waals surface area contributed by atoms with Crippen LogP contribution in [0, 0.1) is 0 Å². The van der Waals surface area contributed by atoms with Gasteiger partial charge in [-0.25, -0.2) is 18.0 Å². The van der Waals surface area contributed by atoms with Gasteiger partial charge in [0.2, 0.25) is 10.0 Å². The maximum atomic E-state index is 13.6. The van der Waals surface area contributed by atoms with E-state index in [9.17, 15) is 18.0 Å². The Labute approximate surface area is 258 Å². The number of ether oxygens (including phenoxy) is 1. The highest BCUT2D eigenvalue weighted by atomic mass is 32.2. The number of esters is 1. The van der Waals surface area contributed by atoms with Crippen LogP contribution >= 0.6 is 11.8 Å². The van der Waals surface area contributed by atoms with Crippen LogP contribution < -0.4 is 16.0 Å². The molecule has 2 aliphatic heterocycles. The van der Waals surface area contributed by atoms with Crippen molar-refractivity contribution in [2.45, 2.75) is 68.4 Å². The van der Waals surface area contributed by atoms with Crippen LogP contribution in [0.5, 0.6) is 0 Å². The fourth-order valence-corrected chi connectivity index (χ4v) is 8.27. The third-order valence-electron chi connectivity index (χ3n) is 7.18. The predicted octanol–water partition coefficient (Wildman–Crippen LogP) is 3.42. The van der Waals surface area contributed by atoms with E-state index in [0.29, 0.717) is 24.5 Å². The average Bonchev–Trinajstić information content (AvgIpc) is 3.29. The Kier molecular flexibility index (Phi) is 10.1. The Morgan fingerprint density at radius 2 is 1.86 bits per heavy atom. The number of carbonyl (C=O) groups excluding carboxylic acids is 2. The summed E-state index contributed by atoms with van der Waals surface area (Å²) in [5, 5.41) is 9.40. The number of rotatable bonds is 9. The Hall–Kier alpha value is -3.13. The number of hydrogen-bond donors (Lipinski definition) is 3. The van der Waals surface area contributed by atoms with Crippen molar-refractivity contribution in [2.24, 2.45) is 0 Å². The molecule has 0 unspecified atom stereocenters. The summed E-state index contributed by atoms with van der Waals surface area (Å²) in [4.78, 5) is 31.9. The first kappa shape index (κ1) is 32.8. The number of carbonyl (C=O) groups is 2. The zero-order chi connectivity index (χ0) is 31.4. The van der Waals surface area contributed by atoms with E-state index >= 15 is 0 Å². The first-order valence-corrected chi connectivity index (χ1v) is 16.7. The summed E-state index contributed by atoms with van der Waals surface area (Å²) >= 11 is 1.50. The van der Waals surface area contributed by atoms with Crippen LogP contribution in [-0.2, 0) is 26.0 Å². The van der Waals surface area contributed by atoms with E-state index in [1.54, 1.807) is 43.9 Å². The summed E-state index contributed by atoms with van der Waals surface area (Å²) in [6.07, 6.45) is 3.12. The highest BCUT2D eigenvalue weighted by molar-refractivity contribution is 8.02. The van der Waals surface area contributed by atoms with Crippen molar-refractivity contribution < 1.29 is 22.7 Å². The third kappa shape index (κ3) is 8.28. The number of anilines is 1. The number of sulfonamides is 1. The standard InChI is InChI=1S/C30H42N6O5S2/c1-21(26-30(5,6)42-20-36(26)43(39,40)24-8-7-13-32-19-24)33-25(27(37)41-29(2,3)4)18-22-9-11-23(12-10-22)34-28(38)35-16-14-31-15-17-35/h7-13,19,25-26,31,33H,1,14-18,20H2,2-6H3,(H,34,38)/t25-,26+/m0/s1. The minimum absolute atomic E-state index is 0.0962. The van der Waals surface area contributed by atoms with Crippen molar-refractivity contribution in [1.82, 2.24) is 24.8 Å². The van der Waals surface area contributed by atoms with Crippen molar-refractivity contribution in [1.29, 1.82) is 0 Å². The molecule has 234 valence electrons. The minimum atomic E-state index is -3.88. The van der Waals surface area contributed by atoms with E-state index < -0.39 is 38.4 Å². The van der Waals surface area contributed by atoms with Crippen LogP contribution in [0.3, 0.4) is 0 Å². The van der Waals surface area contributed by atoms with Crippen molar-refractivity contribution >= 4 is 39.5 Å². The molecule has 2 saturated heterocycles. The van der Waals surface area contributed by atoms with Crippen molar-refractivity contribution in [3.05, 3.63) is 66.6 Å². The molecule has 1 aromatic carbocycles. The lowest BCUT2D eigenvalue weighted by atomic mass is 9.99. The number of nitrogens with zero attached hydrogens (tertiary/aromatic N) is 3. The minimum Gasteiger partial charge on any atom is -0.458 e. The van der Waals surface area contributed by atoms with Gasteiger partial charge >= 0.3 is 12.0 Å². The van der Waals surface area contributed by atoms with Gasteiger partial charge in [-0.15, -0.1) is 11.8 Å². The summed E-state index contributed by atoms with van der Waals surface area (Å²) in [5.41, 5.74) is 1.16. The molecule has 0 aliphatic carbocycles. The topological polar surface area (TPSA) is 133 Å². The molecule has 13 heteroatoms. The lowest BCUT2D eigenvalue weighted by Crippen LogP contribution is -2.51. The summed E-state index contributed by atoms with van der Waals surface area (Å²) in [5.74, 6) is -0.247. The van der Waals surface area contributed by atoms with E-state index in [1.165, 1.54) is 34.5 Å². The van der Waals surface area contributed by atoms with Gasteiger partial charge in [0.25, 0.3) is 0 Å². The van der Waals surface area contributed by atoms with Gasteiger partial charge in [0, 0.05) is 61.1 Å². The quantitative estimate of drug-likeness (QED) is 0.357. The monoisotopic (exact) mass is 630 g/mol. The molecular formula is C30H42N6O5S2. The van der Waals surface area contributed by atoms with E-state index in [-0.39, 0.29) is 23.2 Å². The normalized spacial score (nSPS) is 19.8. The third-order valence-corrected chi connectivity index (χ3v) is 10.5. The Bertz CT molecular complexity index is 1400. The van der Waals surface area contributed by atoms with Gasteiger partial charge in [-0.3, -0.25) is 4.98 Å². The molecule has 0 spiro atoms. The molecule has 3 N–H and O–H groups in total. The largest absolute Gasteiger partial charge is 0.458 e. The van der Waals surface area contributed by atoms with Gasteiger partial charge in [-0.1, -0.05) is 18.7 Å². The maximum Gasteiger partial charge on any atom is 0.329 e. The molecule has 4 rings (SSSR count). The molecule has 1 aromatic heterocycles. The second-order valence-corrected chi connectivity index (χ2v) is 15.7. The van der Waals surface area contributed by atoms with Gasteiger partial charge in [0.15, 0.2) is 0 Å². The average molecular weight is 631 g/mol. The predicted molar refractivity (Wildman–Crippen MR) is 169 cm³/mol. The molecule has 2 amide bonds. The molecule has 2 aromatic rings. The van der Waals surface area contributed by atoms with Gasteiger partial charge < -0.3 is 25.6 Å². The molecule has 0 saturated carbocycles. The van der Waals surface area contributed by atoms with Gasteiger partial charge in [0.1, 0.15) is 16.5 Å². The first-order valence-electron chi connectivity index (χ1n) is 14.3. The highest BCUT2D eigenvalue weighted by Crippen LogP contribution is 2.44. The Balaban J connectivity index is 1.52. The van der Waals surface area contributed by atoms with Gasteiger partial charge in [0.05, 0.1) is 11.9 Å². The molecule has 0 bridgehead atoms. The summed E-state index contributed by atoms with van der Waals surface area (Å²) in [6.45, 7) is 16.4. The number of benzene rings is 1. The van der Waals surface area contributed by atoms with E-state index in [2.05, 4.69) is 27.5 Å². The van der Waals surface area contributed by atoms with Crippen LogP contribution in [0.15, 0.2) is 66.0 Å². The van der Waals surface area contributed by atoms with Crippen LogP contribution in [0.4, 0.5) is 10.5 Å². The Morgan fingerprint density at radius 1 is 1.19 bits per heavy atom. The second kappa shape index (κ2) is 13.2. The molecule has 43 heavy (non-hydrogen) atoms. The fraction of sp³-hybridized carbons (Fsp3) is 0.500. The molecular weight excluding hydrogens is 589 g/mol. The first-order chi connectivity index (χ1) is 20.2. The van der Waals surface area contributed by atoms with Gasteiger partial charge in [-0.05, 0) is 64.4 Å². The van der Waals surface area contributed by atoms with Crippen LogP contribution in [0.1, 0.15) is 40.2 Å². The molecule has 2 atom stereocenters. The molecule has 3 heterocycles. The van der Waals surface area contributed by atoms with Crippen LogP contribution in [0.2, 0.25) is 0 Å². The zero-order valence-corrected chi connectivity index (χ0v) is 27.1. The van der Waals surface area contributed by atoms with Gasteiger partial charge in [-0.2, -0.15) is 4.31 Å².